The number of nitrogens with zero attached hydrogens (tertiary/aromatic N) is 1. The highest BCUT2D eigenvalue weighted by molar-refractivity contribution is 5.91. The lowest BCUT2D eigenvalue weighted by atomic mass is 10.2. The number of esters is 2. The van der Waals surface area contributed by atoms with Crippen molar-refractivity contribution in [2.24, 2.45) is 0 Å². The zero-order valence-corrected chi connectivity index (χ0v) is 18.0. The van der Waals surface area contributed by atoms with Gasteiger partial charge in [0.15, 0.2) is 0 Å². The van der Waals surface area contributed by atoms with Crippen LogP contribution in [0.15, 0.2) is 73.4 Å². The second-order valence-corrected chi connectivity index (χ2v) is 5.52. The van der Waals surface area contributed by atoms with Gasteiger partial charge in [0, 0.05) is 18.2 Å². The summed E-state index contributed by atoms with van der Waals surface area (Å²) < 4.78 is 9.25. The Morgan fingerprint density at radius 3 is 2.19 bits per heavy atom. The quantitative estimate of drug-likeness (QED) is 0.203. The van der Waals surface area contributed by atoms with Gasteiger partial charge in [-0.15, -0.1) is 0 Å². The molecule has 7 heteroatoms. The molecule has 0 amide bonds. The van der Waals surface area contributed by atoms with E-state index in [2.05, 4.69) is 17.9 Å². The van der Waals surface area contributed by atoms with Gasteiger partial charge in [0.05, 0.1) is 24.9 Å². The molecule has 0 aromatic heterocycles. The minimum atomic E-state index is -1.16. The number of ether oxygens (including phenoxy) is 2. The molecule has 0 aliphatic rings. The number of allylic oxidation sites excluding steroid dienone is 1. The highest BCUT2D eigenvalue weighted by Crippen LogP contribution is 1.98. The van der Waals surface area contributed by atoms with E-state index in [1.807, 2.05) is 43.3 Å². The van der Waals surface area contributed by atoms with Crippen LogP contribution in [0, 0.1) is 11.3 Å². The summed E-state index contributed by atoms with van der Waals surface area (Å²) in [4.78, 5) is 31.2. The standard InChI is InChI=1S/C10H13NO2.C8H8.C6H8O4/c1-3-4-8-13-10(12)9(2)6-5-7-11;1-2-8-6-4-3-5-7-8;1-2-10-6(9)4-3-5(7)8/h5-6H,2-4,8H2,1H3;2-7H,1H2;3-4H,2H2,1H3,(H,7,8). The molecule has 1 N–H and O–H groups in total. The van der Waals surface area contributed by atoms with E-state index in [4.69, 9.17) is 15.1 Å². The van der Waals surface area contributed by atoms with Crippen LogP contribution in [0.25, 0.3) is 6.08 Å². The van der Waals surface area contributed by atoms with Crippen molar-refractivity contribution in [1.82, 2.24) is 0 Å². The molecule has 0 unspecified atom stereocenters. The van der Waals surface area contributed by atoms with Crippen molar-refractivity contribution in [3.63, 3.8) is 0 Å². The van der Waals surface area contributed by atoms with Crippen LogP contribution in [0.1, 0.15) is 32.3 Å². The van der Waals surface area contributed by atoms with Crippen LogP contribution in [0.5, 0.6) is 0 Å². The van der Waals surface area contributed by atoms with Gasteiger partial charge >= 0.3 is 17.9 Å². The normalized spacial score (nSPS) is 9.32. The number of nitriles is 1. The third-order valence-electron chi connectivity index (χ3n) is 3.04. The number of rotatable bonds is 9. The SMILES string of the molecule is C=C(C=CC#N)C(=O)OCCCC.C=Cc1ccccc1.CCOC(=O)C=CC(=O)O. The summed E-state index contributed by atoms with van der Waals surface area (Å²) in [5.41, 5.74) is 1.38. The van der Waals surface area contributed by atoms with Crippen molar-refractivity contribution in [2.75, 3.05) is 13.2 Å². The summed E-state index contributed by atoms with van der Waals surface area (Å²) in [5.74, 6) is -2.25. The van der Waals surface area contributed by atoms with E-state index in [0.29, 0.717) is 6.61 Å². The maximum atomic E-state index is 11.0. The fraction of sp³-hybridized carbons (Fsp3) is 0.250. The molecule has 0 heterocycles. The van der Waals surface area contributed by atoms with Gasteiger partial charge in [-0.25, -0.2) is 14.4 Å². The molecule has 0 atom stereocenters. The minimum Gasteiger partial charge on any atom is -0.478 e. The number of hydrogen-bond donors (Lipinski definition) is 1. The van der Waals surface area contributed by atoms with Crippen LogP contribution in [0.2, 0.25) is 0 Å². The molecular weight excluding hydrogens is 398 g/mol. The Morgan fingerprint density at radius 1 is 1.10 bits per heavy atom. The maximum absolute atomic E-state index is 11.0. The molecule has 1 aromatic rings. The van der Waals surface area contributed by atoms with Crippen molar-refractivity contribution < 1.29 is 29.0 Å². The Hall–Kier alpha value is -3.92. The summed E-state index contributed by atoms with van der Waals surface area (Å²) in [7, 11) is 0. The zero-order chi connectivity index (χ0) is 23.9. The fourth-order valence-electron chi connectivity index (χ4n) is 1.53. The van der Waals surface area contributed by atoms with Crippen LogP contribution in [0.3, 0.4) is 0 Å². The van der Waals surface area contributed by atoms with Gasteiger partial charge in [0.1, 0.15) is 0 Å². The first kappa shape index (κ1) is 29.3. The van der Waals surface area contributed by atoms with Crippen LogP contribution < -0.4 is 0 Å². The predicted molar refractivity (Wildman–Crippen MR) is 120 cm³/mol. The van der Waals surface area contributed by atoms with Crippen molar-refractivity contribution in [3.8, 4) is 6.07 Å². The Kier molecular flexibility index (Phi) is 19.7. The van der Waals surface area contributed by atoms with Crippen LogP contribution in [-0.2, 0) is 23.9 Å². The molecule has 0 saturated carbocycles. The smallest absolute Gasteiger partial charge is 0.337 e. The molecule has 0 aliphatic carbocycles. The van der Waals surface area contributed by atoms with Gasteiger partial charge in [0.2, 0.25) is 0 Å². The summed E-state index contributed by atoms with van der Waals surface area (Å²) in [6, 6.07) is 11.8. The molecule has 0 bridgehead atoms. The zero-order valence-electron chi connectivity index (χ0n) is 18.0. The topological polar surface area (TPSA) is 114 Å². The van der Waals surface area contributed by atoms with Gasteiger partial charge in [-0.2, -0.15) is 5.26 Å². The molecule has 0 fully saturated rings. The van der Waals surface area contributed by atoms with E-state index in [0.717, 1.165) is 25.0 Å². The number of aliphatic carboxylic acids is 1. The molecule has 0 saturated heterocycles. The number of carboxylic acids is 1. The first-order valence-corrected chi connectivity index (χ1v) is 9.49. The Morgan fingerprint density at radius 2 is 1.74 bits per heavy atom. The van der Waals surface area contributed by atoms with Crippen molar-refractivity contribution in [2.45, 2.75) is 26.7 Å². The largest absolute Gasteiger partial charge is 0.478 e. The molecular formula is C24H29NO6. The van der Waals surface area contributed by atoms with Gasteiger partial charge in [-0.3, -0.25) is 0 Å². The van der Waals surface area contributed by atoms with E-state index >= 15 is 0 Å². The monoisotopic (exact) mass is 427 g/mol. The third kappa shape index (κ3) is 20.6. The molecule has 166 valence electrons. The van der Waals surface area contributed by atoms with Crippen molar-refractivity contribution >= 4 is 24.0 Å². The fourth-order valence-corrected chi connectivity index (χ4v) is 1.53. The average Bonchev–Trinajstić information content (AvgIpc) is 2.77. The van der Waals surface area contributed by atoms with E-state index < -0.39 is 17.9 Å². The second kappa shape index (κ2) is 20.8. The summed E-state index contributed by atoms with van der Waals surface area (Å²) in [6.45, 7) is 11.4. The maximum Gasteiger partial charge on any atom is 0.337 e. The predicted octanol–water partition coefficient (Wildman–Crippen LogP) is 4.49. The first-order chi connectivity index (χ1) is 14.8. The van der Waals surface area contributed by atoms with Crippen LogP contribution in [-0.4, -0.2) is 36.2 Å². The highest BCUT2D eigenvalue weighted by Gasteiger charge is 2.03. The molecule has 0 radical (unpaired) electrons. The summed E-state index contributed by atoms with van der Waals surface area (Å²) in [5, 5.41) is 16.2. The lowest BCUT2D eigenvalue weighted by molar-refractivity contribution is -0.139. The van der Waals surface area contributed by atoms with E-state index in [-0.39, 0.29) is 12.2 Å². The number of hydrogen-bond acceptors (Lipinski definition) is 6. The molecule has 1 aromatic carbocycles. The van der Waals surface area contributed by atoms with Crippen molar-refractivity contribution in [1.29, 1.82) is 5.26 Å². The van der Waals surface area contributed by atoms with Crippen LogP contribution in [0.4, 0.5) is 0 Å². The number of benzene rings is 1. The van der Waals surface area contributed by atoms with Gasteiger partial charge < -0.3 is 14.6 Å². The molecule has 1 rings (SSSR count). The Labute approximate surface area is 183 Å². The van der Waals surface area contributed by atoms with E-state index in [1.165, 1.54) is 17.7 Å². The molecule has 0 aliphatic heterocycles. The Bertz CT molecular complexity index is 788. The summed E-state index contributed by atoms with van der Waals surface area (Å²) in [6.07, 6.45) is 7.80. The van der Waals surface area contributed by atoms with E-state index in [1.54, 1.807) is 13.0 Å². The lowest BCUT2D eigenvalue weighted by Crippen LogP contribution is -2.06. The molecule has 31 heavy (non-hydrogen) atoms. The lowest BCUT2D eigenvalue weighted by Gasteiger charge is -2.01. The van der Waals surface area contributed by atoms with Crippen molar-refractivity contribution in [3.05, 3.63) is 78.9 Å². The first-order valence-electron chi connectivity index (χ1n) is 9.49. The highest BCUT2D eigenvalue weighted by atomic mass is 16.5. The third-order valence-corrected chi connectivity index (χ3v) is 3.04. The number of carbonyl (C=O) groups excluding carboxylic acids is 2. The second-order valence-electron chi connectivity index (χ2n) is 5.52. The number of carbonyl (C=O) groups is 3. The molecule has 0 spiro atoms. The number of carboxylic acid groups (broad SMARTS) is 1. The van der Waals surface area contributed by atoms with Gasteiger partial charge in [-0.1, -0.05) is 62.9 Å². The number of unbranched alkanes of at least 4 members (excludes halogenated alkanes) is 1. The van der Waals surface area contributed by atoms with Gasteiger partial charge in [-0.05, 0) is 25.0 Å². The van der Waals surface area contributed by atoms with E-state index in [9.17, 15) is 14.4 Å². The Balaban J connectivity index is 0. The minimum absolute atomic E-state index is 0.206. The van der Waals surface area contributed by atoms with Crippen LogP contribution >= 0.6 is 0 Å². The average molecular weight is 427 g/mol. The molecule has 7 nitrogen and oxygen atoms in total. The summed E-state index contributed by atoms with van der Waals surface area (Å²) >= 11 is 0. The van der Waals surface area contributed by atoms with Gasteiger partial charge in [0.25, 0.3) is 0 Å².